The van der Waals surface area contributed by atoms with Gasteiger partial charge in [-0.3, -0.25) is 0 Å². The predicted octanol–water partition coefficient (Wildman–Crippen LogP) is 3.18. The summed E-state index contributed by atoms with van der Waals surface area (Å²) in [7, 11) is 2.05. The minimum Gasteiger partial charge on any atom is -0.445 e. The lowest BCUT2D eigenvalue weighted by Crippen LogP contribution is -2.46. The van der Waals surface area contributed by atoms with Gasteiger partial charge in [0.2, 0.25) is 0 Å². The molecular weight excluding hydrogens is 302 g/mol. The Labute approximate surface area is 135 Å². The van der Waals surface area contributed by atoms with E-state index in [-0.39, 0.29) is 12.6 Å². The number of hydrogen-bond acceptors (Lipinski definition) is 3. The molecular formula is C17H22F2N2O2. The van der Waals surface area contributed by atoms with E-state index in [9.17, 15) is 13.6 Å². The van der Waals surface area contributed by atoms with E-state index in [1.54, 1.807) is 11.0 Å². The van der Waals surface area contributed by atoms with E-state index in [0.29, 0.717) is 12.1 Å². The van der Waals surface area contributed by atoms with Gasteiger partial charge in [-0.05, 0) is 50.7 Å². The molecule has 1 aliphatic heterocycles. The second-order valence-electron chi connectivity index (χ2n) is 5.78. The number of nitrogens with zero attached hydrogens (tertiary/aromatic N) is 2. The van der Waals surface area contributed by atoms with Crippen LogP contribution < -0.4 is 0 Å². The first-order valence-corrected chi connectivity index (χ1v) is 7.68. The van der Waals surface area contributed by atoms with Crippen molar-refractivity contribution in [3.8, 4) is 0 Å². The Morgan fingerprint density at radius 1 is 1.39 bits per heavy atom. The van der Waals surface area contributed by atoms with Crippen LogP contribution in [0.3, 0.4) is 0 Å². The Balaban J connectivity index is 1.94. The van der Waals surface area contributed by atoms with Crippen molar-refractivity contribution in [1.82, 2.24) is 9.80 Å². The van der Waals surface area contributed by atoms with Crippen molar-refractivity contribution < 1.29 is 18.3 Å². The molecule has 126 valence electrons. The summed E-state index contributed by atoms with van der Waals surface area (Å²) in [5.41, 5.74) is 0.416. The van der Waals surface area contributed by atoms with Crippen LogP contribution >= 0.6 is 0 Å². The average molecular weight is 324 g/mol. The van der Waals surface area contributed by atoms with Gasteiger partial charge in [0.05, 0.1) is 0 Å². The van der Waals surface area contributed by atoms with Crippen LogP contribution in [-0.2, 0) is 11.3 Å². The fourth-order valence-electron chi connectivity index (χ4n) is 2.68. The Bertz CT molecular complexity index is 558. The molecule has 2 rings (SSSR count). The summed E-state index contributed by atoms with van der Waals surface area (Å²) < 4.78 is 31.3. The quantitative estimate of drug-likeness (QED) is 0.780. The molecule has 0 saturated carbocycles. The Morgan fingerprint density at radius 2 is 2.09 bits per heavy atom. The summed E-state index contributed by atoms with van der Waals surface area (Å²) in [6, 6.07) is 3.58. The van der Waals surface area contributed by atoms with Crippen LogP contribution in [-0.4, -0.2) is 48.6 Å². The van der Waals surface area contributed by atoms with Crippen molar-refractivity contribution in [2.24, 2.45) is 0 Å². The third-order valence-corrected chi connectivity index (χ3v) is 4.04. The summed E-state index contributed by atoms with van der Waals surface area (Å²) in [6.07, 6.45) is 2.97. The fourth-order valence-corrected chi connectivity index (χ4v) is 2.68. The highest BCUT2D eigenvalue weighted by Gasteiger charge is 2.27. The summed E-state index contributed by atoms with van der Waals surface area (Å²) >= 11 is 0. The molecule has 0 atom stereocenters. The van der Waals surface area contributed by atoms with Crippen LogP contribution in [0.4, 0.5) is 13.6 Å². The predicted molar refractivity (Wildman–Crippen MR) is 84.0 cm³/mol. The lowest BCUT2D eigenvalue weighted by atomic mass is 10.0. The molecule has 1 aromatic carbocycles. The maximum atomic E-state index is 13.2. The van der Waals surface area contributed by atoms with E-state index in [4.69, 9.17) is 4.74 Å². The number of amides is 1. The second-order valence-corrected chi connectivity index (χ2v) is 5.78. The van der Waals surface area contributed by atoms with Gasteiger partial charge >= 0.3 is 6.09 Å². The van der Waals surface area contributed by atoms with Gasteiger partial charge < -0.3 is 14.5 Å². The maximum Gasteiger partial charge on any atom is 0.410 e. The van der Waals surface area contributed by atoms with Crippen LogP contribution in [0.1, 0.15) is 18.4 Å². The zero-order valence-electron chi connectivity index (χ0n) is 13.3. The van der Waals surface area contributed by atoms with E-state index >= 15 is 0 Å². The second kappa shape index (κ2) is 8.06. The third-order valence-electron chi connectivity index (χ3n) is 4.04. The van der Waals surface area contributed by atoms with Crippen LogP contribution in [0.5, 0.6) is 0 Å². The first-order valence-electron chi connectivity index (χ1n) is 7.68. The summed E-state index contributed by atoms with van der Waals surface area (Å²) in [5, 5.41) is 0. The molecule has 1 saturated heterocycles. The molecule has 1 fully saturated rings. The molecule has 0 unspecified atom stereocenters. The van der Waals surface area contributed by atoms with Crippen molar-refractivity contribution in [1.29, 1.82) is 0 Å². The smallest absolute Gasteiger partial charge is 0.410 e. The monoisotopic (exact) mass is 324 g/mol. The largest absolute Gasteiger partial charge is 0.445 e. The highest BCUT2D eigenvalue weighted by atomic mass is 19.2. The van der Waals surface area contributed by atoms with Gasteiger partial charge in [-0.15, -0.1) is 6.58 Å². The zero-order chi connectivity index (χ0) is 16.8. The van der Waals surface area contributed by atoms with Gasteiger partial charge in [-0.1, -0.05) is 12.1 Å². The molecule has 0 bridgehead atoms. The molecule has 4 nitrogen and oxygen atoms in total. The van der Waals surface area contributed by atoms with Crippen molar-refractivity contribution in [3.63, 3.8) is 0 Å². The first kappa shape index (κ1) is 17.4. The number of likely N-dealkylation sites (tertiary alicyclic amines) is 1. The highest BCUT2D eigenvalue weighted by molar-refractivity contribution is 5.68. The van der Waals surface area contributed by atoms with Crippen molar-refractivity contribution >= 4 is 6.09 Å². The lowest BCUT2D eigenvalue weighted by molar-refractivity contribution is 0.0693. The van der Waals surface area contributed by atoms with E-state index in [1.807, 2.05) is 0 Å². The van der Waals surface area contributed by atoms with Crippen molar-refractivity contribution in [3.05, 3.63) is 48.1 Å². The first-order chi connectivity index (χ1) is 11.0. The zero-order valence-corrected chi connectivity index (χ0v) is 13.3. The number of hydrogen-bond donors (Lipinski definition) is 0. The number of halogens is 2. The molecule has 23 heavy (non-hydrogen) atoms. The summed E-state index contributed by atoms with van der Waals surface area (Å²) in [6.45, 7) is 5.85. The summed E-state index contributed by atoms with van der Waals surface area (Å²) in [4.78, 5) is 16.2. The Morgan fingerprint density at radius 3 is 2.70 bits per heavy atom. The van der Waals surface area contributed by atoms with E-state index in [0.717, 1.165) is 38.1 Å². The fraction of sp³-hybridized carbons (Fsp3) is 0.471. The third kappa shape index (κ3) is 4.76. The SMILES string of the molecule is C=CCN(C(=O)OCc1ccc(F)c(F)c1)C1CCN(C)CC1. The molecule has 1 heterocycles. The lowest BCUT2D eigenvalue weighted by Gasteiger charge is -2.36. The highest BCUT2D eigenvalue weighted by Crippen LogP contribution is 2.17. The van der Waals surface area contributed by atoms with Gasteiger partial charge in [0.1, 0.15) is 6.61 Å². The van der Waals surface area contributed by atoms with Crippen molar-refractivity contribution in [2.75, 3.05) is 26.7 Å². The van der Waals surface area contributed by atoms with Gasteiger partial charge in [-0.2, -0.15) is 0 Å². The van der Waals surface area contributed by atoms with Gasteiger partial charge in [-0.25, -0.2) is 13.6 Å². The van der Waals surface area contributed by atoms with Crippen LogP contribution in [0.25, 0.3) is 0 Å². The minimum atomic E-state index is -0.947. The molecule has 0 aromatic heterocycles. The van der Waals surface area contributed by atoms with Crippen LogP contribution in [0.15, 0.2) is 30.9 Å². The number of ether oxygens (including phenoxy) is 1. The Hall–Kier alpha value is -1.95. The number of rotatable bonds is 5. The molecule has 1 amide bonds. The van der Waals surface area contributed by atoms with Crippen LogP contribution in [0, 0.1) is 11.6 Å². The normalized spacial score (nSPS) is 16.1. The molecule has 0 radical (unpaired) electrons. The van der Waals surface area contributed by atoms with E-state index in [2.05, 4.69) is 18.5 Å². The maximum absolute atomic E-state index is 13.2. The molecule has 6 heteroatoms. The number of benzene rings is 1. The van der Waals surface area contributed by atoms with E-state index in [1.165, 1.54) is 6.07 Å². The molecule has 1 aromatic rings. The summed E-state index contributed by atoms with van der Waals surface area (Å²) in [5.74, 6) is -1.86. The average Bonchev–Trinajstić information content (AvgIpc) is 2.54. The molecule has 0 N–H and O–H groups in total. The van der Waals surface area contributed by atoms with Gasteiger partial charge in [0, 0.05) is 12.6 Å². The Kier molecular flexibility index (Phi) is 6.10. The standard InChI is InChI=1S/C17H22F2N2O2/c1-3-8-21(14-6-9-20(2)10-7-14)17(22)23-12-13-4-5-15(18)16(19)11-13/h3-5,11,14H,1,6-10,12H2,2H3. The molecule has 1 aliphatic rings. The molecule has 0 spiro atoms. The molecule has 0 aliphatic carbocycles. The number of piperidine rings is 1. The van der Waals surface area contributed by atoms with E-state index < -0.39 is 17.7 Å². The number of carbonyl (C=O) groups is 1. The van der Waals surface area contributed by atoms with Crippen molar-refractivity contribution in [2.45, 2.75) is 25.5 Å². The van der Waals surface area contributed by atoms with Gasteiger partial charge in [0.25, 0.3) is 0 Å². The topological polar surface area (TPSA) is 32.8 Å². The van der Waals surface area contributed by atoms with Crippen LogP contribution in [0.2, 0.25) is 0 Å². The van der Waals surface area contributed by atoms with Gasteiger partial charge in [0.15, 0.2) is 11.6 Å². The number of carbonyl (C=O) groups excluding carboxylic acids is 1. The minimum absolute atomic E-state index is 0.0870.